The molecule has 2 nitrogen and oxygen atoms in total. The van der Waals surface area contributed by atoms with E-state index in [-0.39, 0.29) is 5.41 Å². The van der Waals surface area contributed by atoms with Crippen LogP contribution in [-0.4, -0.2) is 17.4 Å². The summed E-state index contributed by atoms with van der Waals surface area (Å²) in [4.78, 5) is 4.28. The predicted octanol–water partition coefficient (Wildman–Crippen LogP) is 4.30. The Labute approximate surface area is 111 Å². The summed E-state index contributed by atoms with van der Waals surface area (Å²) in [5, 5.41) is 3.35. The summed E-state index contributed by atoms with van der Waals surface area (Å²) in [7, 11) is 0. The third-order valence-corrected chi connectivity index (χ3v) is 3.20. The van der Waals surface area contributed by atoms with Crippen LogP contribution in [0.25, 0.3) is 0 Å². The van der Waals surface area contributed by atoms with Gasteiger partial charge in [-0.1, -0.05) is 13.8 Å². The van der Waals surface area contributed by atoms with Gasteiger partial charge in [0.2, 0.25) is 0 Å². The SMILES string of the molecule is CC(C)(CCCCl)CNc1ccc(Br)cn1. The average molecular weight is 306 g/mol. The van der Waals surface area contributed by atoms with Crippen molar-refractivity contribution >= 4 is 33.3 Å². The van der Waals surface area contributed by atoms with Crippen molar-refractivity contribution in [2.75, 3.05) is 17.7 Å². The molecule has 0 fully saturated rings. The zero-order chi connectivity index (χ0) is 12.0. The lowest BCUT2D eigenvalue weighted by molar-refractivity contribution is 0.355. The van der Waals surface area contributed by atoms with Gasteiger partial charge in [0.15, 0.2) is 0 Å². The fourth-order valence-corrected chi connectivity index (χ4v) is 1.81. The number of aromatic nitrogens is 1. The molecular weight excluding hydrogens is 288 g/mol. The fourth-order valence-electron chi connectivity index (χ4n) is 1.44. The molecule has 1 N–H and O–H groups in total. The second-order valence-corrected chi connectivity index (χ2v) is 5.97. The van der Waals surface area contributed by atoms with E-state index >= 15 is 0 Å². The quantitative estimate of drug-likeness (QED) is 0.793. The predicted molar refractivity (Wildman–Crippen MR) is 74.2 cm³/mol. The Hall–Kier alpha value is -0.280. The number of nitrogens with one attached hydrogen (secondary N) is 1. The molecule has 0 radical (unpaired) electrons. The van der Waals surface area contributed by atoms with E-state index in [4.69, 9.17) is 11.6 Å². The van der Waals surface area contributed by atoms with E-state index in [1.165, 1.54) is 0 Å². The number of alkyl halides is 1. The first kappa shape index (κ1) is 13.8. The van der Waals surface area contributed by atoms with Crippen LogP contribution in [0.15, 0.2) is 22.8 Å². The van der Waals surface area contributed by atoms with Gasteiger partial charge in [-0.2, -0.15) is 0 Å². The highest BCUT2D eigenvalue weighted by molar-refractivity contribution is 9.10. The highest BCUT2D eigenvalue weighted by atomic mass is 79.9. The third kappa shape index (κ3) is 5.17. The van der Waals surface area contributed by atoms with Crippen molar-refractivity contribution in [3.05, 3.63) is 22.8 Å². The first-order valence-corrected chi connectivity index (χ1v) is 6.78. The molecule has 0 spiro atoms. The van der Waals surface area contributed by atoms with Crippen LogP contribution >= 0.6 is 27.5 Å². The van der Waals surface area contributed by atoms with Gasteiger partial charge < -0.3 is 5.32 Å². The standard InChI is InChI=1S/C12H18BrClN2/c1-12(2,6-3-7-14)9-16-11-5-4-10(13)8-15-11/h4-5,8H,3,6-7,9H2,1-2H3,(H,15,16). The number of halogens is 2. The minimum absolute atomic E-state index is 0.254. The van der Waals surface area contributed by atoms with Crippen molar-refractivity contribution in [3.8, 4) is 0 Å². The molecule has 1 aromatic rings. The van der Waals surface area contributed by atoms with Gasteiger partial charge in [-0.05, 0) is 46.3 Å². The van der Waals surface area contributed by atoms with Crippen LogP contribution in [0.3, 0.4) is 0 Å². The van der Waals surface area contributed by atoms with Gasteiger partial charge in [-0.3, -0.25) is 0 Å². The Kier molecular flexibility index (Phi) is 5.56. The summed E-state index contributed by atoms with van der Waals surface area (Å²) in [5.74, 6) is 1.65. The first-order chi connectivity index (χ1) is 7.53. The first-order valence-electron chi connectivity index (χ1n) is 5.45. The zero-order valence-corrected chi connectivity index (χ0v) is 12.1. The molecule has 0 bridgehead atoms. The van der Waals surface area contributed by atoms with E-state index in [2.05, 4.69) is 40.1 Å². The van der Waals surface area contributed by atoms with Crippen molar-refractivity contribution in [2.24, 2.45) is 5.41 Å². The van der Waals surface area contributed by atoms with Gasteiger partial charge in [-0.25, -0.2) is 4.98 Å². The molecule has 0 unspecified atom stereocenters. The van der Waals surface area contributed by atoms with Crippen LogP contribution in [0, 0.1) is 5.41 Å². The Balaban J connectivity index is 2.41. The maximum Gasteiger partial charge on any atom is 0.125 e. The van der Waals surface area contributed by atoms with Gasteiger partial charge >= 0.3 is 0 Å². The number of hydrogen-bond acceptors (Lipinski definition) is 2. The highest BCUT2D eigenvalue weighted by Gasteiger charge is 2.16. The molecule has 16 heavy (non-hydrogen) atoms. The van der Waals surface area contributed by atoms with E-state index in [0.717, 1.165) is 35.6 Å². The lowest BCUT2D eigenvalue weighted by atomic mass is 9.88. The van der Waals surface area contributed by atoms with Crippen LogP contribution in [0.4, 0.5) is 5.82 Å². The molecule has 0 saturated heterocycles. The normalized spacial score (nSPS) is 11.5. The largest absolute Gasteiger partial charge is 0.370 e. The number of anilines is 1. The van der Waals surface area contributed by atoms with Crippen molar-refractivity contribution in [1.29, 1.82) is 0 Å². The molecule has 0 amide bonds. The molecule has 1 aromatic heterocycles. The molecule has 0 aromatic carbocycles. The molecule has 0 aliphatic rings. The van der Waals surface area contributed by atoms with Crippen molar-refractivity contribution in [3.63, 3.8) is 0 Å². The lowest BCUT2D eigenvalue weighted by Crippen LogP contribution is -2.23. The van der Waals surface area contributed by atoms with Crippen LogP contribution in [0.2, 0.25) is 0 Å². The number of pyridine rings is 1. The molecule has 0 atom stereocenters. The Morgan fingerprint density at radius 3 is 2.75 bits per heavy atom. The second kappa shape index (κ2) is 6.45. The second-order valence-electron chi connectivity index (χ2n) is 4.67. The Morgan fingerprint density at radius 2 is 2.19 bits per heavy atom. The van der Waals surface area contributed by atoms with Crippen molar-refractivity contribution in [1.82, 2.24) is 4.98 Å². The summed E-state index contributed by atoms with van der Waals surface area (Å²) < 4.78 is 0.999. The fraction of sp³-hybridized carbons (Fsp3) is 0.583. The summed E-state index contributed by atoms with van der Waals surface area (Å²) in [6.07, 6.45) is 3.98. The Bertz CT molecular complexity index is 311. The maximum absolute atomic E-state index is 5.70. The van der Waals surface area contributed by atoms with E-state index in [0.29, 0.717) is 0 Å². The average Bonchev–Trinajstić information content (AvgIpc) is 2.26. The molecule has 0 aliphatic carbocycles. The molecule has 0 saturated carbocycles. The van der Waals surface area contributed by atoms with Gasteiger partial charge in [0.25, 0.3) is 0 Å². The minimum Gasteiger partial charge on any atom is -0.370 e. The van der Waals surface area contributed by atoms with Crippen molar-refractivity contribution < 1.29 is 0 Å². The maximum atomic E-state index is 5.70. The van der Waals surface area contributed by atoms with Crippen LogP contribution < -0.4 is 5.32 Å². The van der Waals surface area contributed by atoms with E-state index in [9.17, 15) is 0 Å². The zero-order valence-electron chi connectivity index (χ0n) is 9.76. The summed E-state index contributed by atoms with van der Waals surface area (Å²) in [6, 6.07) is 3.96. The number of rotatable bonds is 6. The van der Waals surface area contributed by atoms with E-state index in [1.54, 1.807) is 6.20 Å². The van der Waals surface area contributed by atoms with Crippen LogP contribution in [0.5, 0.6) is 0 Å². The highest BCUT2D eigenvalue weighted by Crippen LogP contribution is 2.23. The van der Waals surface area contributed by atoms with E-state index in [1.807, 2.05) is 12.1 Å². The van der Waals surface area contributed by atoms with Gasteiger partial charge in [-0.15, -0.1) is 11.6 Å². The van der Waals surface area contributed by atoms with E-state index < -0.39 is 0 Å². The summed E-state index contributed by atoms with van der Waals surface area (Å²) in [6.45, 7) is 5.40. The lowest BCUT2D eigenvalue weighted by Gasteiger charge is -2.24. The van der Waals surface area contributed by atoms with Gasteiger partial charge in [0.05, 0.1) is 0 Å². The number of nitrogens with zero attached hydrogens (tertiary/aromatic N) is 1. The van der Waals surface area contributed by atoms with Crippen LogP contribution in [-0.2, 0) is 0 Å². The third-order valence-electron chi connectivity index (χ3n) is 2.46. The van der Waals surface area contributed by atoms with Crippen LogP contribution in [0.1, 0.15) is 26.7 Å². The molecular formula is C12H18BrClN2. The topological polar surface area (TPSA) is 24.9 Å². The smallest absolute Gasteiger partial charge is 0.125 e. The molecule has 90 valence electrons. The molecule has 1 heterocycles. The molecule has 4 heteroatoms. The minimum atomic E-state index is 0.254. The summed E-state index contributed by atoms with van der Waals surface area (Å²) in [5.41, 5.74) is 0.254. The van der Waals surface area contributed by atoms with Gasteiger partial charge in [0, 0.05) is 23.1 Å². The van der Waals surface area contributed by atoms with Gasteiger partial charge in [0.1, 0.15) is 5.82 Å². The monoisotopic (exact) mass is 304 g/mol. The molecule has 1 rings (SSSR count). The number of hydrogen-bond donors (Lipinski definition) is 1. The van der Waals surface area contributed by atoms with Crippen molar-refractivity contribution in [2.45, 2.75) is 26.7 Å². The molecule has 0 aliphatic heterocycles. The Morgan fingerprint density at radius 1 is 1.44 bits per heavy atom. The summed E-state index contributed by atoms with van der Waals surface area (Å²) >= 11 is 9.07.